The number of hydrogen-bond acceptors (Lipinski definition) is 2. The summed E-state index contributed by atoms with van der Waals surface area (Å²) in [7, 11) is 1.39. The lowest BCUT2D eigenvalue weighted by Gasteiger charge is -2.15. The molecule has 0 heterocycles. The Balaban J connectivity index is 2.70. The highest BCUT2D eigenvalue weighted by Gasteiger charge is 2.30. The molecule has 0 unspecified atom stereocenters. The first-order valence-corrected chi connectivity index (χ1v) is 5.30. The van der Waals surface area contributed by atoms with E-state index in [1.807, 2.05) is 0 Å². The van der Waals surface area contributed by atoms with E-state index in [4.69, 9.17) is 0 Å². The molecule has 0 saturated heterocycles. The fourth-order valence-corrected chi connectivity index (χ4v) is 1.46. The highest BCUT2D eigenvalue weighted by Crippen LogP contribution is 2.29. The lowest BCUT2D eigenvalue weighted by molar-refractivity contribution is -0.137. The van der Waals surface area contributed by atoms with E-state index in [-0.39, 0.29) is 18.6 Å². The summed E-state index contributed by atoms with van der Waals surface area (Å²) in [5, 5.41) is 2.61. The van der Waals surface area contributed by atoms with Gasteiger partial charge in [0.1, 0.15) is 6.61 Å². The fourth-order valence-electron chi connectivity index (χ4n) is 1.46. The normalized spacial score (nSPS) is 13.2. The van der Waals surface area contributed by atoms with Crippen molar-refractivity contribution in [3.05, 3.63) is 35.4 Å². The first-order chi connectivity index (χ1) is 8.34. The third-order valence-corrected chi connectivity index (χ3v) is 2.39. The molecule has 1 aromatic rings. The van der Waals surface area contributed by atoms with Crippen molar-refractivity contribution in [1.82, 2.24) is 5.32 Å². The summed E-state index contributed by atoms with van der Waals surface area (Å²) in [6.45, 7) is 1.61. The number of hydrogen-bond donors (Lipinski definition) is 1. The van der Waals surface area contributed by atoms with Gasteiger partial charge in [0.25, 0.3) is 0 Å². The minimum Gasteiger partial charge on any atom is -0.375 e. The zero-order valence-electron chi connectivity index (χ0n) is 10.0. The molecule has 0 aliphatic heterocycles. The predicted octanol–water partition coefficient (Wildman–Crippen LogP) is 2.53. The van der Waals surface area contributed by atoms with E-state index >= 15 is 0 Å². The molecule has 0 spiro atoms. The van der Waals surface area contributed by atoms with Crippen LogP contribution < -0.4 is 5.32 Å². The van der Waals surface area contributed by atoms with Crippen molar-refractivity contribution in [2.24, 2.45) is 0 Å². The molecule has 1 N–H and O–H groups in total. The van der Waals surface area contributed by atoms with Crippen LogP contribution in [0.1, 0.15) is 24.1 Å². The van der Waals surface area contributed by atoms with Crippen molar-refractivity contribution in [2.75, 3.05) is 13.7 Å². The van der Waals surface area contributed by atoms with Crippen LogP contribution in [0.15, 0.2) is 24.3 Å². The first kappa shape index (κ1) is 14.5. The number of ether oxygens (including phenoxy) is 1. The van der Waals surface area contributed by atoms with Crippen LogP contribution in [0.2, 0.25) is 0 Å². The van der Waals surface area contributed by atoms with Crippen molar-refractivity contribution >= 4 is 5.91 Å². The third-order valence-electron chi connectivity index (χ3n) is 2.39. The minimum atomic E-state index is -4.35. The first-order valence-electron chi connectivity index (χ1n) is 5.30. The molecular formula is C12H14F3NO2. The van der Waals surface area contributed by atoms with Gasteiger partial charge in [-0.3, -0.25) is 4.79 Å². The molecule has 0 saturated carbocycles. The number of alkyl halides is 3. The van der Waals surface area contributed by atoms with Crippen LogP contribution in [-0.2, 0) is 15.7 Å². The Hall–Kier alpha value is -1.56. The molecule has 0 aliphatic rings. The summed E-state index contributed by atoms with van der Waals surface area (Å²) in [5.41, 5.74) is -0.103. The maximum absolute atomic E-state index is 12.3. The molecule has 18 heavy (non-hydrogen) atoms. The van der Waals surface area contributed by atoms with E-state index in [2.05, 4.69) is 10.1 Å². The van der Waals surface area contributed by atoms with Gasteiger partial charge >= 0.3 is 6.18 Å². The van der Waals surface area contributed by atoms with E-state index in [1.54, 1.807) is 6.92 Å². The standard InChI is InChI=1S/C12H14F3NO2/c1-8(16-11(17)7-18-2)9-3-5-10(6-4-9)12(13,14)15/h3-6,8H,7H2,1-2H3,(H,16,17)/t8-/m0/s1. The SMILES string of the molecule is COCC(=O)N[C@@H](C)c1ccc(C(F)(F)F)cc1. The lowest BCUT2D eigenvalue weighted by atomic mass is 10.1. The summed E-state index contributed by atoms with van der Waals surface area (Å²) in [5.74, 6) is -0.315. The van der Waals surface area contributed by atoms with Gasteiger partial charge in [-0.2, -0.15) is 13.2 Å². The topological polar surface area (TPSA) is 38.3 Å². The Labute approximate surface area is 103 Å². The molecule has 1 aromatic carbocycles. The van der Waals surface area contributed by atoms with Crippen LogP contribution in [0.3, 0.4) is 0 Å². The van der Waals surface area contributed by atoms with Crippen molar-refractivity contribution in [1.29, 1.82) is 0 Å². The van der Waals surface area contributed by atoms with Gasteiger partial charge in [0.2, 0.25) is 5.91 Å². The molecule has 100 valence electrons. The summed E-state index contributed by atoms with van der Waals surface area (Å²) in [6.07, 6.45) is -4.35. The molecule has 0 fully saturated rings. The van der Waals surface area contributed by atoms with Crippen LogP contribution in [0.25, 0.3) is 0 Å². The zero-order valence-corrected chi connectivity index (χ0v) is 10.0. The van der Waals surface area contributed by atoms with E-state index in [1.165, 1.54) is 19.2 Å². The fraction of sp³-hybridized carbons (Fsp3) is 0.417. The van der Waals surface area contributed by atoms with E-state index in [0.29, 0.717) is 5.56 Å². The highest BCUT2D eigenvalue weighted by molar-refractivity contribution is 5.77. The van der Waals surface area contributed by atoms with Gasteiger partial charge in [0.15, 0.2) is 0 Å². The largest absolute Gasteiger partial charge is 0.416 e. The number of carbonyl (C=O) groups is 1. The van der Waals surface area contributed by atoms with Crippen LogP contribution in [-0.4, -0.2) is 19.6 Å². The number of halogens is 3. The predicted molar refractivity (Wildman–Crippen MR) is 59.9 cm³/mol. The van der Waals surface area contributed by atoms with E-state index in [0.717, 1.165) is 12.1 Å². The van der Waals surface area contributed by atoms with Gasteiger partial charge in [0.05, 0.1) is 11.6 Å². The Kier molecular flexibility index (Phi) is 4.72. The van der Waals surface area contributed by atoms with Crippen molar-refractivity contribution < 1.29 is 22.7 Å². The number of benzene rings is 1. The molecular weight excluding hydrogens is 247 g/mol. The molecule has 0 aliphatic carbocycles. The van der Waals surface area contributed by atoms with Crippen LogP contribution in [0, 0.1) is 0 Å². The van der Waals surface area contributed by atoms with Crippen molar-refractivity contribution in [3.8, 4) is 0 Å². The monoisotopic (exact) mass is 261 g/mol. The lowest BCUT2D eigenvalue weighted by Crippen LogP contribution is -2.29. The summed E-state index contributed by atoms with van der Waals surface area (Å²) < 4.78 is 41.7. The average molecular weight is 261 g/mol. The maximum Gasteiger partial charge on any atom is 0.416 e. The number of rotatable bonds is 4. The quantitative estimate of drug-likeness (QED) is 0.904. The van der Waals surface area contributed by atoms with Gasteiger partial charge in [-0.25, -0.2) is 0 Å². The van der Waals surface area contributed by atoms with E-state index in [9.17, 15) is 18.0 Å². The Morgan fingerprint density at radius 1 is 1.33 bits per heavy atom. The molecule has 0 radical (unpaired) electrons. The molecule has 1 amide bonds. The number of amides is 1. The van der Waals surface area contributed by atoms with Crippen LogP contribution in [0.5, 0.6) is 0 Å². The smallest absolute Gasteiger partial charge is 0.375 e. The molecule has 1 atom stereocenters. The van der Waals surface area contributed by atoms with E-state index < -0.39 is 11.7 Å². The van der Waals surface area contributed by atoms with Crippen molar-refractivity contribution in [2.45, 2.75) is 19.1 Å². The highest BCUT2D eigenvalue weighted by atomic mass is 19.4. The summed E-state index contributed by atoms with van der Waals surface area (Å²) in [6, 6.07) is 4.32. The third kappa shape index (κ3) is 4.03. The van der Waals surface area contributed by atoms with Gasteiger partial charge < -0.3 is 10.1 Å². The second-order valence-electron chi connectivity index (χ2n) is 3.84. The van der Waals surface area contributed by atoms with Crippen LogP contribution in [0.4, 0.5) is 13.2 Å². The van der Waals surface area contributed by atoms with Gasteiger partial charge in [-0.15, -0.1) is 0 Å². The average Bonchev–Trinajstić information content (AvgIpc) is 2.28. The molecule has 3 nitrogen and oxygen atoms in total. The maximum atomic E-state index is 12.3. The van der Waals surface area contributed by atoms with Crippen LogP contribution >= 0.6 is 0 Å². The Bertz CT molecular complexity index is 401. The van der Waals surface area contributed by atoms with Gasteiger partial charge in [-0.05, 0) is 24.6 Å². The number of nitrogens with one attached hydrogen (secondary N) is 1. The second-order valence-corrected chi connectivity index (χ2v) is 3.84. The van der Waals surface area contributed by atoms with Gasteiger partial charge in [-0.1, -0.05) is 12.1 Å². The molecule has 0 bridgehead atoms. The second kappa shape index (κ2) is 5.86. The summed E-state index contributed by atoms with van der Waals surface area (Å²) >= 11 is 0. The number of methoxy groups -OCH3 is 1. The van der Waals surface area contributed by atoms with Gasteiger partial charge in [0, 0.05) is 7.11 Å². The molecule has 0 aromatic heterocycles. The zero-order chi connectivity index (χ0) is 13.8. The minimum absolute atomic E-state index is 0.0784. The number of carbonyl (C=O) groups excluding carboxylic acids is 1. The summed E-state index contributed by atoms with van der Waals surface area (Å²) in [4.78, 5) is 11.2. The van der Waals surface area contributed by atoms with Crippen molar-refractivity contribution in [3.63, 3.8) is 0 Å². The molecule has 6 heteroatoms. The molecule has 1 rings (SSSR count). The Morgan fingerprint density at radius 2 is 1.89 bits per heavy atom. The Morgan fingerprint density at radius 3 is 2.33 bits per heavy atom.